The highest BCUT2D eigenvalue weighted by Gasteiger charge is 2.41. The van der Waals surface area contributed by atoms with Gasteiger partial charge < -0.3 is 5.32 Å². The second kappa shape index (κ2) is 9.33. The molecular weight excluding hydrogens is 358 g/mol. The Morgan fingerprint density at radius 3 is 1.69 bits per heavy atom. The number of carbonyl (C=O) groups is 2. The van der Waals surface area contributed by atoms with E-state index in [4.69, 9.17) is 0 Å². The quantitative estimate of drug-likeness (QED) is 0.582. The summed E-state index contributed by atoms with van der Waals surface area (Å²) >= 11 is 0. The van der Waals surface area contributed by atoms with Gasteiger partial charge in [0.25, 0.3) is 5.91 Å². The SMILES string of the molecule is CCC(=O)C(C[C@H](C)NC(=O)c1ccccc1)(c1ccccc1)c1ccccc1. The molecule has 0 aliphatic heterocycles. The fourth-order valence-electron chi connectivity index (χ4n) is 3.99. The first-order valence-corrected chi connectivity index (χ1v) is 10.1. The lowest BCUT2D eigenvalue weighted by atomic mass is 9.67. The van der Waals surface area contributed by atoms with E-state index in [2.05, 4.69) is 5.32 Å². The maximum Gasteiger partial charge on any atom is 0.251 e. The van der Waals surface area contributed by atoms with E-state index in [1.54, 1.807) is 12.1 Å². The molecule has 0 radical (unpaired) electrons. The molecule has 3 aromatic rings. The Hall–Kier alpha value is -3.20. The summed E-state index contributed by atoms with van der Waals surface area (Å²) in [5, 5.41) is 3.08. The number of amides is 1. The molecule has 3 aromatic carbocycles. The van der Waals surface area contributed by atoms with E-state index in [9.17, 15) is 9.59 Å². The van der Waals surface area contributed by atoms with E-state index < -0.39 is 5.41 Å². The molecule has 0 spiro atoms. The van der Waals surface area contributed by atoms with Gasteiger partial charge in [-0.15, -0.1) is 0 Å². The monoisotopic (exact) mass is 385 g/mol. The lowest BCUT2D eigenvalue weighted by Gasteiger charge is -2.36. The second-order valence-corrected chi connectivity index (χ2v) is 7.36. The van der Waals surface area contributed by atoms with Crippen molar-refractivity contribution >= 4 is 11.7 Å². The minimum Gasteiger partial charge on any atom is -0.350 e. The van der Waals surface area contributed by atoms with E-state index in [1.807, 2.05) is 92.7 Å². The number of hydrogen-bond donors (Lipinski definition) is 1. The Bertz CT molecular complexity index is 897. The molecule has 148 valence electrons. The van der Waals surface area contributed by atoms with Crippen molar-refractivity contribution in [2.24, 2.45) is 0 Å². The summed E-state index contributed by atoms with van der Waals surface area (Å²) in [5.74, 6) is 0.0211. The van der Waals surface area contributed by atoms with Crippen LogP contribution in [0.1, 0.15) is 48.2 Å². The van der Waals surface area contributed by atoms with Gasteiger partial charge >= 0.3 is 0 Å². The molecule has 0 unspecified atom stereocenters. The second-order valence-electron chi connectivity index (χ2n) is 7.36. The maximum absolute atomic E-state index is 13.4. The normalized spacial score (nSPS) is 12.2. The predicted molar refractivity (Wildman–Crippen MR) is 117 cm³/mol. The third kappa shape index (κ3) is 4.45. The Balaban J connectivity index is 1.99. The lowest BCUT2D eigenvalue weighted by molar-refractivity contribution is -0.123. The molecule has 3 heteroatoms. The van der Waals surface area contributed by atoms with Gasteiger partial charge in [-0.2, -0.15) is 0 Å². The molecule has 0 saturated heterocycles. The summed E-state index contributed by atoms with van der Waals surface area (Å²) in [6.07, 6.45) is 0.912. The van der Waals surface area contributed by atoms with Crippen molar-refractivity contribution < 1.29 is 9.59 Å². The van der Waals surface area contributed by atoms with Crippen molar-refractivity contribution in [3.8, 4) is 0 Å². The van der Waals surface area contributed by atoms with Gasteiger partial charge in [0, 0.05) is 18.0 Å². The average Bonchev–Trinajstić information content (AvgIpc) is 2.78. The van der Waals surface area contributed by atoms with Gasteiger partial charge in [-0.3, -0.25) is 9.59 Å². The van der Waals surface area contributed by atoms with E-state index in [0.29, 0.717) is 18.4 Å². The van der Waals surface area contributed by atoms with Crippen LogP contribution in [-0.4, -0.2) is 17.7 Å². The number of rotatable bonds is 8. The van der Waals surface area contributed by atoms with E-state index in [-0.39, 0.29) is 17.7 Å². The van der Waals surface area contributed by atoms with Gasteiger partial charge in [0.05, 0.1) is 5.41 Å². The molecule has 1 N–H and O–H groups in total. The summed E-state index contributed by atoms with van der Waals surface area (Å²) in [5.41, 5.74) is 1.73. The molecule has 1 amide bonds. The Labute approximate surface area is 172 Å². The molecule has 0 fully saturated rings. The van der Waals surface area contributed by atoms with E-state index >= 15 is 0 Å². The maximum atomic E-state index is 13.4. The highest BCUT2D eigenvalue weighted by molar-refractivity contribution is 5.95. The third-order valence-electron chi connectivity index (χ3n) is 5.36. The van der Waals surface area contributed by atoms with Crippen LogP contribution in [-0.2, 0) is 10.2 Å². The minimum atomic E-state index is -0.805. The van der Waals surface area contributed by atoms with Gasteiger partial charge in [0.2, 0.25) is 0 Å². The Morgan fingerprint density at radius 2 is 1.24 bits per heavy atom. The van der Waals surface area contributed by atoms with Crippen LogP contribution in [0.25, 0.3) is 0 Å². The lowest BCUT2D eigenvalue weighted by Crippen LogP contribution is -2.44. The largest absolute Gasteiger partial charge is 0.350 e. The summed E-state index contributed by atoms with van der Waals surface area (Å²) in [7, 11) is 0. The van der Waals surface area contributed by atoms with Crippen LogP contribution in [0.3, 0.4) is 0 Å². The zero-order valence-corrected chi connectivity index (χ0v) is 17.0. The molecule has 1 atom stereocenters. The third-order valence-corrected chi connectivity index (χ3v) is 5.36. The fourth-order valence-corrected chi connectivity index (χ4v) is 3.99. The molecular formula is C26H27NO2. The topological polar surface area (TPSA) is 46.2 Å². The molecule has 0 heterocycles. The minimum absolute atomic E-state index is 0.128. The molecule has 0 saturated carbocycles. The number of Topliss-reactive ketones (excluding diaryl/α,β-unsaturated/α-hetero) is 1. The predicted octanol–water partition coefficient (Wildman–Crippen LogP) is 5.16. The van der Waals surface area contributed by atoms with Crippen LogP contribution in [0.5, 0.6) is 0 Å². The van der Waals surface area contributed by atoms with Crippen molar-refractivity contribution in [2.75, 3.05) is 0 Å². The van der Waals surface area contributed by atoms with Crippen molar-refractivity contribution in [2.45, 2.75) is 38.1 Å². The first kappa shape index (κ1) is 20.5. The van der Waals surface area contributed by atoms with Crippen molar-refractivity contribution in [3.63, 3.8) is 0 Å². The van der Waals surface area contributed by atoms with Gasteiger partial charge in [-0.25, -0.2) is 0 Å². The van der Waals surface area contributed by atoms with Gasteiger partial charge in [-0.1, -0.05) is 85.8 Å². The first-order valence-electron chi connectivity index (χ1n) is 10.1. The number of benzene rings is 3. The zero-order valence-electron chi connectivity index (χ0n) is 17.0. The van der Waals surface area contributed by atoms with Crippen molar-refractivity contribution in [1.82, 2.24) is 5.32 Å². The number of nitrogens with one attached hydrogen (secondary N) is 1. The van der Waals surface area contributed by atoms with Crippen LogP contribution < -0.4 is 5.32 Å². The molecule has 0 aliphatic carbocycles. The van der Waals surface area contributed by atoms with E-state index in [1.165, 1.54) is 0 Å². The smallest absolute Gasteiger partial charge is 0.251 e. The van der Waals surface area contributed by atoms with Crippen LogP contribution in [0.2, 0.25) is 0 Å². The van der Waals surface area contributed by atoms with Crippen molar-refractivity contribution in [3.05, 3.63) is 108 Å². The average molecular weight is 386 g/mol. The van der Waals surface area contributed by atoms with Crippen LogP contribution in [0, 0.1) is 0 Å². The van der Waals surface area contributed by atoms with E-state index in [0.717, 1.165) is 11.1 Å². The number of hydrogen-bond acceptors (Lipinski definition) is 2. The molecule has 29 heavy (non-hydrogen) atoms. The molecule has 0 aromatic heterocycles. The summed E-state index contributed by atoms with van der Waals surface area (Å²) in [6.45, 7) is 3.86. The summed E-state index contributed by atoms with van der Waals surface area (Å²) in [6, 6.07) is 28.7. The molecule has 3 nitrogen and oxygen atoms in total. The molecule has 0 aliphatic rings. The van der Waals surface area contributed by atoms with Crippen LogP contribution in [0.4, 0.5) is 0 Å². The standard InChI is InChI=1S/C26H27NO2/c1-3-24(28)26(22-15-9-5-10-16-22,23-17-11-6-12-18-23)19-20(2)27-25(29)21-13-7-4-8-14-21/h4-18,20H,3,19H2,1-2H3,(H,27,29)/t20-/m0/s1. The Morgan fingerprint density at radius 1 is 0.793 bits per heavy atom. The fraction of sp³-hybridized carbons (Fsp3) is 0.231. The number of ketones is 1. The van der Waals surface area contributed by atoms with Crippen LogP contribution in [0.15, 0.2) is 91.0 Å². The summed E-state index contributed by atoms with van der Waals surface area (Å²) < 4.78 is 0. The first-order chi connectivity index (χ1) is 14.1. The van der Waals surface area contributed by atoms with Gasteiger partial charge in [0.15, 0.2) is 0 Å². The number of carbonyl (C=O) groups excluding carboxylic acids is 2. The molecule has 3 rings (SSSR count). The highest BCUT2D eigenvalue weighted by Crippen LogP contribution is 2.38. The highest BCUT2D eigenvalue weighted by atomic mass is 16.1. The van der Waals surface area contributed by atoms with Gasteiger partial charge in [0.1, 0.15) is 5.78 Å². The Kier molecular flexibility index (Phi) is 6.61. The van der Waals surface area contributed by atoms with Gasteiger partial charge in [-0.05, 0) is 36.6 Å². The molecule has 0 bridgehead atoms. The van der Waals surface area contributed by atoms with Crippen LogP contribution >= 0.6 is 0 Å². The summed E-state index contributed by atoms with van der Waals surface area (Å²) in [4.78, 5) is 26.1. The van der Waals surface area contributed by atoms with Crippen molar-refractivity contribution in [1.29, 1.82) is 0 Å². The zero-order chi connectivity index (χ0) is 20.7.